The van der Waals surface area contributed by atoms with E-state index in [0.717, 1.165) is 51.9 Å². The summed E-state index contributed by atoms with van der Waals surface area (Å²) in [5.74, 6) is 0.835. The minimum absolute atomic E-state index is 0.205. The zero-order valence-electron chi connectivity index (χ0n) is 12.4. The summed E-state index contributed by atoms with van der Waals surface area (Å²) < 4.78 is 26.1. The average Bonchev–Trinajstić information content (AvgIpc) is 3.06. The van der Waals surface area contributed by atoms with Crippen molar-refractivity contribution in [1.29, 1.82) is 0 Å². The summed E-state index contributed by atoms with van der Waals surface area (Å²) >= 11 is 0. The molecule has 1 aliphatic carbocycles. The van der Waals surface area contributed by atoms with Crippen molar-refractivity contribution in [1.82, 2.24) is 15.1 Å². The van der Waals surface area contributed by atoms with E-state index in [-0.39, 0.29) is 10.9 Å². The topological polar surface area (TPSA) is 93.2 Å². The van der Waals surface area contributed by atoms with Gasteiger partial charge in [-0.1, -0.05) is 12.8 Å². The Morgan fingerprint density at radius 3 is 2.43 bits per heavy atom. The van der Waals surface area contributed by atoms with Gasteiger partial charge in [0.2, 0.25) is 0 Å². The lowest BCUT2D eigenvalue weighted by Crippen LogP contribution is -2.44. The van der Waals surface area contributed by atoms with Gasteiger partial charge in [-0.05, 0) is 12.8 Å². The zero-order chi connectivity index (χ0) is 15.0. The number of nitrogen functional groups attached to an aromatic ring is 1. The lowest BCUT2D eigenvalue weighted by Gasteiger charge is -2.27. The number of hydrogen-bond donors (Lipinski definition) is 2. The maximum absolute atomic E-state index is 12.2. The van der Waals surface area contributed by atoms with Gasteiger partial charge in [-0.25, -0.2) is 13.1 Å². The van der Waals surface area contributed by atoms with Crippen LogP contribution in [0.1, 0.15) is 31.7 Å². The number of hydrogen-bond acceptors (Lipinski definition) is 6. The molecule has 3 N–H and O–H groups in total. The maximum atomic E-state index is 12.2. The summed E-state index contributed by atoms with van der Waals surface area (Å²) in [5, 5.41) is 7.85. The molecule has 21 heavy (non-hydrogen) atoms. The van der Waals surface area contributed by atoms with Crippen LogP contribution in [0.15, 0.2) is 4.90 Å². The Labute approximate surface area is 125 Å². The molecule has 2 aliphatic rings. The molecule has 2 fully saturated rings. The molecule has 8 heteroatoms. The quantitative estimate of drug-likeness (QED) is 0.839. The van der Waals surface area contributed by atoms with Crippen LogP contribution in [0.2, 0.25) is 0 Å². The smallest absolute Gasteiger partial charge is 0.182 e. The molecular weight excluding hydrogens is 290 g/mol. The highest BCUT2D eigenvalue weighted by atomic mass is 32.2. The number of nitrogens with two attached hydrogens (primary N) is 1. The van der Waals surface area contributed by atoms with Crippen LogP contribution in [0.25, 0.3) is 0 Å². The van der Waals surface area contributed by atoms with Gasteiger partial charge in [0, 0.05) is 32.4 Å². The van der Waals surface area contributed by atoms with Crippen LogP contribution in [-0.4, -0.2) is 50.6 Å². The third kappa shape index (κ3) is 2.74. The zero-order valence-corrected chi connectivity index (χ0v) is 13.2. The lowest BCUT2D eigenvalue weighted by atomic mass is 10.2. The summed E-state index contributed by atoms with van der Waals surface area (Å²) in [7, 11) is -3.39. The van der Waals surface area contributed by atoms with Crippen LogP contribution >= 0.6 is 0 Å². The van der Waals surface area contributed by atoms with Crippen LogP contribution in [0.5, 0.6) is 0 Å². The third-order valence-corrected chi connectivity index (χ3v) is 5.48. The first-order chi connectivity index (χ1) is 9.98. The molecule has 0 amide bonds. The highest BCUT2D eigenvalue weighted by molar-refractivity contribution is 7.91. The molecule has 0 unspecified atom stereocenters. The molecule has 1 aliphatic heterocycles. The van der Waals surface area contributed by atoms with Crippen molar-refractivity contribution in [3.63, 3.8) is 0 Å². The summed E-state index contributed by atoms with van der Waals surface area (Å²) in [6, 6.07) is 0.238. The molecule has 1 saturated heterocycles. The van der Waals surface area contributed by atoms with E-state index >= 15 is 0 Å². The predicted molar refractivity (Wildman–Crippen MR) is 82.3 cm³/mol. The molecule has 1 aromatic heterocycles. The molecule has 0 spiro atoms. The molecular formula is C13H23N5O2S. The highest BCUT2D eigenvalue weighted by Gasteiger charge is 2.31. The summed E-state index contributed by atoms with van der Waals surface area (Å²) in [5.41, 5.74) is 6.16. The van der Waals surface area contributed by atoms with E-state index in [9.17, 15) is 8.42 Å². The number of anilines is 2. The van der Waals surface area contributed by atoms with E-state index in [1.165, 1.54) is 6.26 Å². The summed E-state index contributed by atoms with van der Waals surface area (Å²) in [4.78, 5) is 2.23. The van der Waals surface area contributed by atoms with Gasteiger partial charge >= 0.3 is 0 Å². The normalized spacial score (nSPS) is 21.1. The predicted octanol–water partition coefficient (Wildman–Crippen LogP) is 0.394. The molecule has 0 aromatic carbocycles. The monoisotopic (exact) mass is 313 g/mol. The summed E-state index contributed by atoms with van der Waals surface area (Å²) in [6.07, 6.45) is 5.57. The number of nitrogens with one attached hydrogen (secondary N) is 1. The molecule has 1 aromatic rings. The second kappa shape index (κ2) is 5.49. The van der Waals surface area contributed by atoms with Gasteiger partial charge in [-0.2, -0.15) is 5.10 Å². The van der Waals surface area contributed by atoms with E-state index in [1.54, 1.807) is 4.68 Å². The van der Waals surface area contributed by atoms with E-state index in [1.807, 2.05) is 4.90 Å². The average molecular weight is 313 g/mol. The van der Waals surface area contributed by atoms with Gasteiger partial charge < -0.3 is 16.0 Å². The van der Waals surface area contributed by atoms with Crippen molar-refractivity contribution in [2.24, 2.45) is 0 Å². The van der Waals surface area contributed by atoms with Crippen molar-refractivity contribution in [3.8, 4) is 0 Å². The van der Waals surface area contributed by atoms with Crippen molar-refractivity contribution >= 4 is 21.5 Å². The molecule has 0 radical (unpaired) electrons. The first-order valence-electron chi connectivity index (χ1n) is 7.52. The first-order valence-corrected chi connectivity index (χ1v) is 9.41. The third-order valence-electron chi connectivity index (χ3n) is 4.34. The number of nitrogens with zero attached hydrogens (tertiary/aromatic N) is 3. The Bertz CT molecular complexity index is 613. The van der Waals surface area contributed by atoms with Gasteiger partial charge in [0.05, 0.1) is 6.04 Å². The largest absolute Gasteiger partial charge is 0.383 e. The molecule has 118 valence electrons. The van der Waals surface area contributed by atoms with Gasteiger partial charge in [0.1, 0.15) is 5.82 Å². The number of piperazine rings is 1. The van der Waals surface area contributed by atoms with Gasteiger partial charge in [-0.3, -0.25) is 0 Å². The van der Waals surface area contributed by atoms with Crippen molar-refractivity contribution in [3.05, 3.63) is 0 Å². The standard InChI is InChI=1S/C13H23N5O2S/c1-21(19,20)11-12(14)18(10-4-2-3-5-10)16-13(11)17-8-6-15-7-9-17/h10,15H,2-9,14H2,1H3. The van der Waals surface area contributed by atoms with E-state index in [4.69, 9.17) is 5.73 Å². The van der Waals surface area contributed by atoms with E-state index in [0.29, 0.717) is 11.6 Å². The molecule has 0 bridgehead atoms. The van der Waals surface area contributed by atoms with E-state index < -0.39 is 9.84 Å². The molecule has 2 heterocycles. The highest BCUT2D eigenvalue weighted by Crippen LogP contribution is 2.37. The molecule has 7 nitrogen and oxygen atoms in total. The Morgan fingerprint density at radius 2 is 1.86 bits per heavy atom. The minimum Gasteiger partial charge on any atom is -0.383 e. The van der Waals surface area contributed by atoms with Crippen LogP contribution < -0.4 is 16.0 Å². The summed E-state index contributed by atoms with van der Waals surface area (Å²) in [6.45, 7) is 3.17. The van der Waals surface area contributed by atoms with Crippen LogP contribution in [0.3, 0.4) is 0 Å². The fourth-order valence-corrected chi connectivity index (χ4v) is 4.26. The van der Waals surface area contributed by atoms with Gasteiger partial charge in [-0.15, -0.1) is 0 Å². The van der Waals surface area contributed by atoms with Crippen LogP contribution in [0.4, 0.5) is 11.6 Å². The van der Waals surface area contributed by atoms with Gasteiger partial charge in [0.15, 0.2) is 20.6 Å². The van der Waals surface area contributed by atoms with Gasteiger partial charge in [0.25, 0.3) is 0 Å². The van der Waals surface area contributed by atoms with Crippen molar-refractivity contribution < 1.29 is 8.42 Å². The molecule has 3 rings (SSSR count). The second-order valence-electron chi connectivity index (χ2n) is 5.93. The fraction of sp³-hybridized carbons (Fsp3) is 0.769. The number of aromatic nitrogens is 2. The Kier molecular flexibility index (Phi) is 3.83. The first kappa shape index (κ1) is 14.6. The minimum atomic E-state index is -3.39. The van der Waals surface area contributed by atoms with Crippen LogP contribution in [0, 0.1) is 0 Å². The second-order valence-corrected chi connectivity index (χ2v) is 7.88. The Balaban J connectivity index is 2.06. The SMILES string of the molecule is CS(=O)(=O)c1c(N2CCNCC2)nn(C2CCCC2)c1N. The van der Waals surface area contributed by atoms with Crippen molar-refractivity contribution in [2.45, 2.75) is 36.6 Å². The number of rotatable bonds is 3. The fourth-order valence-electron chi connectivity index (χ4n) is 3.29. The van der Waals surface area contributed by atoms with Crippen molar-refractivity contribution in [2.75, 3.05) is 43.1 Å². The lowest BCUT2D eigenvalue weighted by molar-refractivity contribution is 0.470. The Morgan fingerprint density at radius 1 is 1.24 bits per heavy atom. The number of sulfone groups is 1. The molecule has 1 saturated carbocycles. The van der Waals surface area contributed by atoms with E-state index in [2.05, 4.69) is 10.4 Å². The van der Waals surface area contributed by atoms with Crippen LogP contribution in [-0.2, 0) is 9.84 Å². The molecule has 0 atom stereocenters. The maximum Gasteiger partial charge on any atom is 0.182 e. The Hall–Kier alpha value is -1.28.